The fourth-order valence-electron chi connectivity index (χ4n) is 3.79. The summed E-state index contributed by atoms with van der Waals surface area (Å²) >= 11 is 0. The Morgan fingerprint density at radius 3 is 2.76 bits per heavy atom. The lowest BCUT2D eigenvalue weighted by Crippen LogP contribution is -2.52. The lowest BCUT2D eigenvalue weighted by atomic mass is 9.72. The van der Waals surface area contributed by atoms with E-state index in [1.54, 1.807) is 23.1 Å². The van der Waals surface area contributed by atoms with Gasteiger partial charge in [-0.3, -0.25) is 4.79 Å². The van der Waals surface area contributed by atoms with Gasteiger partial charge in [0.1, 0.15) is 5.82 Å². The highest BCUT2D eigenvalue weighted by molar-refractivity contribution is 5.89. The second-order valence-electron chi connectivity index (χ2n) is 6.99. The van der Waals surface area contributed by atoms with Gasteiger partial charge in [-0.2, -0.15) is 0 Å². The molecule has 2 aliphatic heterocycles. The van der Waals surface area contributed by atoms with Crippen LogP contribution in [-0.4, -0.2) is 47.9 Å². The zero-order valence-electron chi connectivity index (χ0n) is 14.3. The Bertz CT molecular complexity index is 668. The van der Waals surface area contributed by atoms with Crippen molar-refractivity contribution in [1.29, 1.82) is 0 Å². The number of hydrogen-bond donors (Lipinski definition) is 1. The van der Waals surface area contributed by atoms with Crippen molar-refractivity contribution >= 4 is 17.6 Å². The molecule has 2 heterocycles. The molecular weight excluding hydrogens is 321 g/mol. The smallest absolute Gasteiger partial charge is 0.321 e. The van der Waals surface area contributed by atoms with Gasteiger partial charge in [-0.25, -0.2) is 9.18 Å². The molecule has 134 valence electrons. The highest BCUT2D eigenvalue weighted by Crippen LogP contribution is 2.40. The molecule has 3 amide bonds. The lowest BCUT2D eigenvalue weighted by molar-refractivity contribution is -0.138. The molecule has 0 atom stereocenters. The first kappa shape index (κ1) is 17.5. The predicted molar refractivity (Wildman–Crippen MR) is 94.7 cm³/mol. The van der Waals surface area contributed by atoms with Crippen LogP contribution in [0.4, 0.5) is 14.9 Å². The van der Waals surface area contributed by atoms with E-state index in [9.17, 15) is 14.0 Å². The summed E-state index contributed by atoms with van der Waals surface area (Å²) in [5.74, 6) is -0.179. The summed E-state index contributed by atoms with van der Waals surface area (Å²) in [7, 11) is 0. The fourth-order valence-corrected chi connectivity index (χ4v) is 3.79. The predicted octanol–water partition coefficient (Wildman–Crippen LogP) is 3.25. The van der Waals surface area contributed by atoms with Gasteiger partial charge < -0.3 is 15.1 Å². The number of likely N-dealkylation sites (tertiary alicyclic amines) is 2. The molecule has 2 saturated heterocycles. The van der Waals surface area contributed by atoms with Crippen molar-refractivity contribution in [3.8, 4) is 0 Å². The van der Waals surface area contributed by atoms with Gasteiger partial charge in [0.15, 0.2) is 0 Å². The maximum atomic E-state index is 13.2. The average molecular weight is 345 g/mol. The summed E-state index contributed by atoms with van der Waals surface area (Å²) in [6, 6.07) is 5.70. The van der Waals surface area contributed by atoms with Crippen LogP contribution < -0.4 is 5.32 Å². The van der Waals surface area contributed by atoms with Gasteiger partial charge in [0.25, 0.3) is 0 Å². The molecule has 1 aromatic carbocycles. The summed E-state index contributed by atoms with van der Waals surface area (Å²) < 4.78 is 13.2. The van der Waals surface area contributed by atoms with Crippen molar-refractivity contribution in [3.05, 3.63) is 42.7 Å². The van der Waals surface area contributed by atoms with Crippen molar-refractivity contribution in [2.24, 2.45) is 5.41 Å². The Kier molecular flexibility index (Phi) is 5.06. The molecule has 0 unspecified atom stereocenters. The van der Waals surface area contributed by atoms with Crippen LogP contribution >= 0.6 is 0 Å². The zero-order valence-corrected chi connectivity index (χ0v) is 14.3. The van der Waals surface area contributed by atoms with Gasteiger partial charge in [-0.15, -0.1) is 6.58 Å². The largest absolute Gasteiger partial charge is 0.338 e. The number of benzene rings is 1. The third-order valence-electron chi connectivity index (χ3n) is 5.28. The molecule has 3 rings (SSSR count). The van der Waals surface area contributed by atoms with Crippen LogP contribution in [0.1, 0.15) is 25.7 Å². The Balaban J connectivity index is 1.57. The number of amides is 3. The van der Waals surface area contributed by atoms with Crippen molar-refractivity contribution in [1.82, 2.24) is 9.80 Å². The van der Waals surface area contributed by atoms with Gasteiger partial charge in [-0.05, 0) is 42.9 Å². The average Bonchev–Trinajstić information content (AvgIpc) is 2.59. The Morgan fingerprint density at radius 2 is 2.08 bits per heavy atom. The molecule has 5 nitrogen and oxygen atoms in total. The van der Waals surface area contributed by atoms with E-state index in [1.807, 2.05) is 4.90 Å². The molecule has 0 saturated carbocycles. The number of urea groups is 1. The molecule has 1 spiro atoms. The third kappa shape index (κ3) is 4.00. The second-order valence-corrected chi connectivity index (χ2v) is 6.99. The number of anilines is 1. The van der Waals surface area contributed by atoms with Gasteiger partial charge in [0.2, 0.25) is 5.91 Å². The summed E-state index contributed by atoms with van der Waals surface area (Å²) in [4.78, 5) is 28.0. The molecular formula is C19H24FN3O2. The number of hydrogen-bond acceptors (Lipinski definition) is 2. The number of rotatable bonds is 3. The standard InChI is InChI=1S/C19H24FN3O2/c1-2-10-23-14-19(7-6-17(23)24)8-11-22(12-9-19)18(25)21-16-5-3-4-15(20)13-16/h2-5,13H,1,6-12,14H2,(H,21,25). The van der Waals surface area contributed by atoms with E-state index >= 15 is 0 Å². The van der Waals surface area contributed by atoms with Gasteiger partial charge in [0, 0.05) is 38.3 Å². The van der Waals surface area contributed by atoms with Gasteiger partial charge >= 0.3 is 6.03 Å². The highest BCUT2D eigenvalue weighted by atomic mass is 19.1. The van der Waals surface area contributed by atoms with Crippen LogP contribution in [0.25, 0.3) is 0 Å². The Morgan fingerprint density at radius 1 is 1.32 bits per heavy atom. The molecule has 6 heteroatoms. The molecule has 25 heavy (non-hydrogen) atoms. The first-order valence-electron chi connectivity index (χ1n) is 8.71. The number of piperidine rings is 2. The molecule has 1 N–H and O–H groups in total. The normalized spacial score (nSPS) is 19.8. The Hall–Kier alpha value is -2.37. The highest BCUT2D eigenvalue weighted by Gasteiger charge is 2.41. The lowest BCUT2D eigenvalue weighted by Gasteiger charge is -2.47. The van der Waals surface area contributed by atoms with Crippen LogP contribution in [-0.2, 0) is 4.79 Å². The first-order valence-corrected chi connectivity index (χ1v) is 8.71. The number of nitrogens with zero attached hydrogens (tertiary/aromatic N) is 2. The third-order valence-corrected chi connectivity index (χ3v) is 5.28. The van der Waals surface area contributed by atoms with E-state index in [1.165, 1.54) is 12.1 Å². The summed E-state index contributed by atoms with van der Waals surface area (Å²) in [6.07, 6.45) is 4.98. The van der Waals surface area contributed by atoms with E-state index in [0.29, 0.717) is 31.7 Å². The molecule has 0 aliphatic carbocycles. The molecule has 0 radical (unpaired) electrons. The first-order chi connectivity index (χ1) is 12.0. The zero-order chi connectivity index (χ0) is 17.9. The minimum Gasteiger partial charge on any atom is -0.338 e. The topological polar surface area (TPSA) is 52.7 Å². The van der Waals surface area contributed by atoms with Crippen LogP contribution in [0.15, 0.2) is 36.9 Å². The number of carbonyl (C=O) groups excluding carboxylic acids is 2. The minimum atomic E-state index is -0.371. The molecule has 1 aromatic rings. The maximum Gasteiger partial charge on any atom is 0.321 e. The monoisotopic (exact) mass is 345 g/mol. The van der Waals surface area contributed by atoms with Gasteiger partial charge in [0.05, 0.1) is 0 Å². The molecule has 2 fully saturated rings. The van der Waals surface area contributed by atoms with Crippen LogP contribution in [0.3, 0.4) is 0 Å². The van der Waals surface area contributed by atoms with Crippen molar-refractivity contribution in [3.63, 3.8) is 0 Å². The van der Waals surface area contributed by atoms with E-state index in [-0.39, 0.29) is 23.2 Å². The summed E-state index contributed by atoms with van der Waals surface area (Å²) in [5.41, 5.74) is 0.567. The quantitative estimate of drug-likeness (QED) is 0.855. The second kappa shape index (κ2) is 7.25. The van der Waals surface area contributed by atoms with Crippen molar-refractivity contribution in [2.75, 3.05) is 31.5 Å². The van der Waals surface area contributed by atoms with E-state index < -0.39 is 0 Å². The molecule has 0 bridgehead atoms. The number of halogens is 1. The fraction of sp³-hybridized carbons (Fsp3) is 0.474. The summed E-state index contributed by atoms with van der Waals surface area (Å²) in [5, 5.41) is 2.75. The van der Waals surface area contributed by atoms with Crippen LogP contribution in [0, 0.1) is 11.2 Å². The SMILES string of the molecule is C=CCN1CC2(CCC1=O)CCN(C(=O)Nc1cccc(F)c1)CC2. The number of nitrogens with one attached hydrogen (secondary N) is 1. The van der Waals surface area contributed by atoms with E-state index in [4.69, 9.17) is 0 Å². The van der Waals surface area contributed by atoms with Gasteiger partial charge in [-0.1, -0.05) is 12.1 Å². The van der Waals surface area contributed by atoms with Crippen molar-refractivity contribution < 1.29 is 14.0 Å². The van der Waals surface area contributed by atoms with E-state index in [0.717, 1.165) is 25.8 Å². The maximum absolute atomic E-state index is 13.2. The minimum absolute atomic E-state index is 0.104. The van der Waals surface area contributed by atoms with E-state index in [2.05, 4.69) is 11.9 Å². The number of carbonyl (C=O) groups is 2. The summed E-state index contributed by atoms with van der Waals surface area (Å²) in [6.45, 7) is 6.36. The Labute approximate surface area is 147 Å². The van der Waals surface area contributed by atoms with Crippen LogP contribution in [0.5, 0.6) is 0 Å². The molecule has 0 aromatic heterocycles. The van der Waals surface area contributed by atoms with Crippen molar-refractivity contribution in [2.45, 2.75) is 25.7 Å². The van der Waals surface area contributed by atoms with Crippen LogP contribution in [0.2, 0.25) is 0 Å². The molecule has 2 aliphatic rings.